The number of hydrogen-bond acceptors (Lipinski definition) is 4. The van der Waals surface area contributed by atoms with Crippen molar-refractivity contribution >= 4 is 11.5 Å². The van der Waals surface area contributed by atoms with Crippen LogP contribution >= 0.6 is 0 Å². The Hall–Kier alpha value is -3.41. The first kappa shape index (κ1) is 18.9. The average molecular weight is 387 g/mol. The van der Waals surface area contributed by atoms with Crippen molar-refractivity contribution in [2.45, 2.75) is 40.7 Å². The Kier molecular flexibility index (Phi) is 4.92. The first-order chi connectivity index (χ1) is 13.9. The lowest BCUT2D eigenvalue weighted by molar-refractivity contribution is 0.832. The van der Waals surface area contributed by atoms with Gasteiger partial charge >= 0.3 is 0 Å². The zero-order valence-corrected chi connectivity index (χ0v) is 17.2. The van der Waals surface area contributed by atoms with E-state index in [0.29, 0.717) is 30.1 Å². The Morgan fingerprint density at radius 2 is 1.76 bits per heavy atom. The quantitative estimate of drug-likeness (QED) is 0.545. The smallest absolute Gasteiger partial charge is 0.277 e. The highest BCUT2D eigenvalue weighted by atomic mass is 16.1. The molecule has 0 unspecified atom stereocenters. The molecule has 0 saturated heterocycles. The van der Waals surface area contributed by atoms with Crippen molar-refractivity contribution in [3.63, 3.8) is 0 Å². The molecule has 0 spiro atoms. The van der Waals surface area contributed by atoms with Gasteiger partial charge in [-0.15, -0.1) is 0 Å². The van der Waals surface area contributed by atoms with Crippen molar-refractivity contribution in [3.05, 3.63) is 92.2 Å². The van der Waals surface area contributed by atoms with Crippen molar-refractivity contribution in [2.75, 3.05) is 5.32 Å². The van der Waals surface area contributed by atoms with Crippen molar-refractivity contribution in [1.82, 2.24) is 19.6 Å². The topological polar surface area (TPSA) is 75.1 Å². The fraction of sp³-hybridized carbons (Fsp3) is 0.261. The van der Waals surface area contributed by atoms with Crippen LogP contribution < -0.4 is 10.9 Å². The summed E-state index contributed by atoms with van der Waals surface area (Å²) in [6, 6.07) is 14.4. The maximum atomic E-state index is 13.0. The molecule has 6 nitrogen and oxygen atoms in total. The standard InChI is InChI=1S/C23H25N5O/c1-14-8-10-18(11-9-14)12-19-17(4)25-23-26-21(27-28(23)22(19)29)13-24-20-7-5-6-15(2)16(20)3/h5-11,24H,12-13H2,1-4H3,(H,25,26,27). The maximum absolute atomic E-state index is 13.0. The number of anilines is 1. The van der Waals surface area contributed by atoms with Gasteiger partial charge in [0.1, 0.15) is 5.82 Å². The molecule has 2 aromatic carbocycles. The summed E-state index contributed by atoms with van der Waals surface area (Å²) in [6.45, 7) is 8.58. The molecule has 0 saturated carbocycles. The summed E-state index contributed by atoms with van der Waals surface area (Å²) < 4.78 is 1.44. The molecule has 0 fully saturated rings. The third-order valence-electron chi connectivity index (χ3n) is 5.39. The van der Waals surface area contributed by atoms with Gasteiger partial charge in [-0.25, -0.2) is 4.98 Å². The fourth-order valence-corrected chi connectivity index (χ4v) is 3.41. The Morgan fingerprint density at radius 1 is 1.00 bits per heavy atom. The fourth-order valence-electron chi connectivity index (χ4n) is 3.41. The predicted octanol–water partition coefficient (Wildman–Crippen LogP) is 3.85. The SMILES string of the molecule is Cc1ccc(Cc2c(C)nc3nc(CNc4cccc(C)c4C)[nH]n3c2=O)cc1. The molecule has 0 aliphatic rings. The molecule has 6 heteroatoms. The van der Waals surface area contributed by atoms with E-state index in [1.54, 1.807) is 0 Å². The summed E-state index contributed by atoms with van der Waals surface area (Å²) in [5, 5.41) is 6.49. The molecule has 0 aliphatic carbocycles. The van der Waals surface area contributed by atoms with E-state index in [-0.39, 0.29) is 5.56 Å². The first-order valence-corrected chi connectivity index (χ1v) is 9.75. The van der Waals surface area contributed by atoms with Crippen LogP contribution in [-0.2, 0) is 13.0 Å². The molecule has 148 valence electrons. The maximum Gasteiger partial charge on any atom is 0.277 e. The van der Waals surface area contributed by atoms with E-state index in [0.717, 1.165) is 16.9 Å². The van der Waals surface area contributed by atoms with Crippen molar-refractivity contribution in [3.8, 4) is 0 Å². The van der Waals surface area contributed by atoms with Gasteiger partial charge in [-0.3, -0.25) is 9.89 Å². The van der Waals surface area contributed by atoms with Crippen LogP contribution in [0.4, 0.5) is 5.69 Å². The molecule has 0 aliphatic heterocycles. The van der Waals surface area contributed by atoms with Crippen LogP contribution in [0.1, 0.15) is 39.3 Å². The van der Waals surface area contributed by atoms with E-state index in [1.165, 1.54) is 21.2 Å². The van der Waals surface area contributed by atoms with Gasteiger partial charge in [0.25, 0.3) is 11.3 Å². The predicted molar refractivity (Wildman–Crippen MR) is 116 cm³/mol. The minimum absolute atomic E-state index is 0.0986. The van der Waals surface area contributed by atoms with Crippen LogP contribution in [0.25, 0.3) is 5.78 Å². The number of benzene rings is 2. The van der Waals surface area contributed by atoms with Gasteiger partial charge in [0.15, 0.2) is 0 Å². The molecule has 2 N–H and O–H groups in total. The van der Waals surface area contributed by atoms with Gasteiger partial charge in [-0.2, -0.15) is 9.50 Å². The first-order valence-electron chi connectivity index (χ1n) is 9.75. The second-order valence-corrected chi connectivity index (χ2v) is 7.55. The van der Waals surface area contributed by atoms with E-state index in [1.807, 2.05) is 19.1 Å². The van der Waals surface area contributed by atoms with Crippen LogP contribution in [0.5, 0.6) is 0 Å². The van der Waals surface area contributed by atoms with Crippen LogP contribution in [0.3, 0.4) is 0 Å². The van der Waals surface area contributed by atoms with Crippen molar-refractivity contribution in [2.24, 2.45) is 0 Å². The number of fused-ring (bicyclic) bond motifs is 1. The van der Waals surface area contributed by atoms with Gasteiger partial charge in [-0.05, 0) is 50.5 Å². The second kappa shape index (κ2) is 7.54. The second-order valence-electron chi connectivity index (χ2n) is 7.55. The minimum Gasteiger partial charge on any atom is -0.378 e. The normalized spacial score (nSPS) is 11.2. The van der Waals surface area contributed by atoms with E-state index < -0.39 is 0 Å². The van der Waals surface area contributed by atoms with E-state index >= 15 is 0 Å². The zero-order chi connectivity index (χ0) is 20.5. The molecule has 0 radical (unpaired) electrons. The molecule has 0 atom stereocenters. The van der Waals surface area contributed by atoms with Gasteiger partial charge < -0.3 is 5.32 Å². The van der Waals surface area contributed by atoms with E-state index in [4.69, 9.17) is 0 Å². The molecular formula is C23H25N5O. The van der Waals surface area contributed by atoms with Gasteiger partial charge in [0.2, 0.25) is 0 Å². The highest BCUT2D eigenvalue weighted by molar-refractivity contribution is 5.53. The highest BCUT2D eigenvalue weighted by Crippen LogP contribution is 2.18. The van der Waals surface area contributed by atoms with E-state index in [2.05, 4.69) is 71.5 Å². The van der Waals surface area contributed by atoms with Gasteiger partial charge in [0.05, 0.1) is 12.2 Å². The van der Waals surface area contributed by atoms with Crippen LogP contribution in [0.15, 0.2) is 47.3 Å². The number of rotatable bonds is 5. The molecular weight excluding hydrogens is 362 g/mol. The van der Waals surface area contributed by atoms with E-state index in [9.17, 15) is 4.79 Å². The summed E-state index contributed by atoms with van der Waals surface area (Å²) in [5.74, 6) is 1.07. The number of aryl methyl sites for hydroxylation is 3. The number of H-pyrrole nitrogens is 1. The number of nitrogens with zero attached hydrogens (tertiary/aromatic N) is 3. The summed E-state index contributed by atoms with van der Waals surface area (Å²) in [5.41, 5.74) is 7.09. The summed E-state index contributed by atoms with van der Waals surface area (Å²) in [4.78, 5) is 22.1. The molecule has 4 rings (SSSR count). The lowest BCUT2D eigenvalue weighted by atomic mass is 10.0. The lowest BCUT2D eigenvalue weighted by Crippen LogP contribution is -2.22. The molecule has 2 heterocycles. The number of aromatic amines is 1. The van der Waals surface area contributed by atoms with Crippen molar-refractivity contribution in [1.29, 1.82) is 0 Å². The summed E-state index contributed by atoms with van der Waals surface area (Å²) in [6.07, 6.45) is 0.552. The highest BCUT2D eigenvalue weighted by Gasteiger charge is 2.14. The average Bonchev–Trinajstić information content (AvgIpc) is 3.11. The van der Waals surface area contributed by atoms with Crippen molar-refractivity contribution < 1.29 is 0 Å². The third-order valence-corrected chi connectivity index (χ3v) is 5.39. The Bertz CT molecular complexity index is 1230. The Balaban J connectivity index is 1.62. The minimum atomic E-state index is -0.0986. The van der Waals surface area contributed by atoms with Gasteiger partial charge in [-0.1, -0.05) is 42.0 Å². The molecule has 0 bridgehead atoms. The molecule has 0 amide bonds. The third kappa shape index (κ3) is 3.78. The summed E-state index contributed by atoms with van der Waals surface area (Å²) in [7, 11) is 0. The largest absolute Gasteiger partial charge is 0.378 e. The molecule has 4 aromatic rings. The molecule has 29 heavy (non-hydrogen) atoms. The Morgan fingerprint density at radius 3 is 2.52 bits per heavy atom. The lowest BCUT2D eigenvalue weighted by Gasteiger charge is -2.09. The number of hydrogen-bond donors (Lipinski definition) is 2. The zero-order valence-electron chi connectivity index (χ0n) is 17.2. The Labute approximate surface area is 169 Å². The number of nitrogens with one attached hydrogen (secondary N) is 2. The van der Waals surface area contributed by atoms with Crippen LogP contribution in [-0.4, -0.2) is 19.6 Å². The molecule has 2 aromatic heterocycles. The number of aromatic nitrogens is 4. The van der Waals surface area contributed by atoms with Crippen LogP contribution in [0, 0.1) is 27.7 Å². The van der Waals surface area contributed by atoms with Gasteiger partial charge in [0, 0.05) is 17.7 Å². The van der Waals surface area contributed by atoms with Crippen LogP contribution in [0.2, 0.25) is 0 Å². The summed E-state index contributed by atoms with van der Waals surface area (Å²) >= 11 is 0. The monoisotopic (exact) mass is 387 g/mol.